The highest BCUT2D eigenvalue weighted by atomic mass is 16.5. The molecule has 3 unspecified atom stereocenters. The summed E-state index contributed by atoms with van der Waals surface area (Å²) in [5.41, 5.74) is 2.41. The molecule has 0 radical (unpaired) electrons. The van der Waals surface area contributed by atoms with Gasteiger partial charge in [-0.1, -0.05) is 31.2 Å². The Morgan fingerprint density at radius 1 is 1.15 bits per heavy atom. The van der Waals surface area contributed by atoms with Crippen LogP contribution in [0.15, 0.2) is 48.5 Å². The number of phenolic OH excluding ortho intramolecular Hbond substituents is 1. The van der Waals surface area contributed by atoms with Gasteiger partial charge in [0.05, 0.1) is 6.10 Å². The van der Waals surface area contributed by atoms with Gasteiger partial charge in [0.15, 0.2) is 0 Å². The molecule has 1 saturated carbocycles. The summed E-state index contributed by atoms with van der Waals surface area (Å²) in [6.45, 7) is 6.42. The van der Waals surface area contributed by atoms with Crippen LogP contribution >= 0.6 is 0 Å². The largest absolute Gasteiger partial charge is 0.508 e. The third-order valence-corrected chi connectivity index (χ3v) is 5.73. The lowest BCUT2D eigenvalue weighted by molar-refractivity contribution is 0.0913. The number of phenols is 1. The molecule has 1 aliphatic rings. The van der Waals surface area contributed by atoms with Crippen molar-refractivity contribution in [3.8, 4) is 11.5 Å². The van der Waals surface area contributed by atoms with Crippen LogP contribution in [0.25, 0.3) is 0 Å². The van der Waals surface area contributed by atoms with E-state index < -0.39 is 0 Å². The maximum absolute atomic E-state index is 9.65. The monoisotopic (exact) mass is 367 g/mol. The second-order valence-electron chi connectivity index (χ2n) is 8.33. The Morgan fingerprint density at radius 3 is 2.74 bits per heavy atom. The molecule has 0 spiro atoms. The van der Waals surface area contributed by atoms with E-state index in [0.717, 1.165) is 37.2 Å². The lowest BCUT2D eigenvalue weighted by Gasteiger charge is -2.35. The van der Waals surface area contributed by atoms with Gasteiger partial charge in [-0.25, -0.2) is 0 Å². The fraction of sp³-hybridized carbons (Fsp3) is 0.500. The summed E-state index contributed by atoms with van der Waals surface area (Å²) >= 11 is 0. The molecule has 0 aromatic heterocycles. The molecule has 1 aliphatic carbocycles. The van der Waals surface area contributed by atoms with Crippen LogP contribution in [0.5, 0.6) is 11.5 Å². The molecule has 0 saturated heterocycles. The molecule has 1 fully saturated rings. The summed E-state index contributed by atoms with van der Waals surface area (Å²) in [4.78, 5) is 2.37. The Kier molecular flexibility index (Phi) is 6.78. The lowest BCUT2D eigenvalue weighted by Crippen LogP contribution is -2.33. The molecule has 3 heteroatoms. The zero-order valence-corrected chi connectivity index (χ0v) is 16.9. The number of aryl methyl sites for hydroxylation is 1. The number of ether oxygens (including phenoxy) is 1. The molecule has 0 bridgehead atoms. The van der Waals surface area contributed by atoms with Gasteiger partial charge in [0.1, 0.15) is 11.5 Å². The molecule has 0 aliphatic heterocycles. The van der Waals surface area contributed by atoms with Crippen LogP contribution in [0.3, 0.4) is 0 Å². The molecule has 3 rings (SSSR count). The average molecular weight is 368 g/mol. The Balaban J connectivity index is 1.50. The number of hydrogen-bond donors (Lipinski definition) is 1. The van der Waals surface area contributed by atoms with Crippen LogP contribution in [0.4, 0.5) is 0 Å². The van der Waals surface area contributed by atoms with Crippen molar-refractivity contribution in [2.45, 2.75) is 52.2 Å². The fourth-order valence-electron chi connectivity index (χ4n) is 4.36. The minimum atomic E-state index is 0.337. The van der Waals surface area contributed by atoms with Crippen LogP contribution in [-0.4, -0.2) is 29.7 Å². The van der Waals surface area contributed by atoms with Gasteiger partial charge < -0.3 is 14.7 Å². The standard InChI is InChI=1S/C24H33NO2/c1-18-7-4-11-23(13-18)27-24-12-6-9-21(15-24)19(2)16-25(3)17-20-8-5-10-22(26)14-20/h4-5,7-8,10-11,13-14,19,21,24,26H,6,9,12,15-17H2,1-3H3. The Hall–Kier alpha value is -2.00. The molecular weight excluding hydrogens is 334 g/mol. The molecule has 0 heterocycles. The van der Waals surface area contributed by atoms with Crippen molar-refractivity contribution >= 4 is 0 Å². The zero-order valence-electron chi connectivity index (χ0n) is 16.9. The maximum Gasteiger partial charge on any atom is 0.119 e. The summed E-state index contributed by atoms with van der Waals surface area (Å²) in [5, 5.41) is 9.65. The van der Waals surface area contributed by atoms with Crippen LogP contribution in [-0.2, 0) is 6.54 Å². The second-order valence-corrected chi connectivity index (χ2v) is 8.33. The van der Waals surface area contributed by atoms with E-state index in [9.17, 15) is 5.11 Å². The molecule has 146 valence electrons. The van der Waals surface area contributed by atoms with Crippen LogP contribution in [0, 0.1) is 18.8 Å². The van der Waals surface area contributed by atoms with E-state index in [0.29, 0.717) is 23.7 Å². The molecule has 1 N–H and O–H groups in total. The van der Waals surface area contributed by atoms with Gasteiger partial charge in [-0.3, -0.25) is 0 Å². The maximum atomic E-state index is 9.65. The highest BCUT2D eigenvalue weighted by Gasteiger charge is 2.28. The first kappa shape index (κ1) is 19.8. The smallest absolute Gasteiger partial charge is 0.119 e. The van der Waals surface area contributed by atoms with E-state index in [1.165, 1.54) is 18.4 Å². The van der Waals surface area contributed by atoms with Crippen LogP contribution in [0.2, 0.25) is 0 Å². The number of nitrogens with zero attached hydrogens (tertiary/aromatic N) is 1. The summed E-state index contributed by atoms with van der Waals surface area (Å²) in [6.07, 6.45) is 5.20. The van der Waals surface area contributed by atoms with E-state index in [1.807, 2.05) is 12.1 Å². The Morgan fingerprint density at radius 2 is 1.96 bits per heavy atom. The van der Waals surface area contributed by atoms with Crippen molar-refractivity contribution in [3.63, 3.8) is 0 Å². The predicted octanol–water partition coefficient (Wildman–Crippen LogP) is 5.41. The summed E-state index contributed by atoms with van der Waals surface area (Å²) < 4.78 is 6.29. The molecule has 3 atom stereocenters. The predicted molar refractivity (Wildman–Crippen MR) is 111 cm³/mol. The molecule has 2 aromatic carbocycles. The molecule has 27 heavy (non-hydrogen) atoms. The van der Waals surface area contributed by atoms with Gasteiger partial charge >= 0.3 is 0 Å². The number of rotatable bonds is 7. The van der Waals surface area contributed by atoms with E-state index in [-0.39, 0.29) is 0 Å². The SMILES string of the molecule is Cc1cccc(OC2CCCC(C(C)CN(C)Cc3cccc(O)c3)C2)c1. The van der Waals surface area contributed by atoms with Crippen molar-refractivity contribution in [3.05, 3.63) is 59.7 Å². The molecule has 0 amide bonds. The third-order valence-electron chi connectivity index (χ3n) is 5.73. The van der Waals surface area contributed by atoms with Gasteiger partial charge in [0.25, 0.3) is 0 Å². The van der Waals surface area contributed by atoms with Crippen molar-refractivity contribution in [1.29, 1.82) is 0 Å². The van der Waals surface area contributed by atoms with E-state index in [2.05, 4.69) is 56.1 Å². The number of benzene rings is 2. The van der Waals surface area contributed by atoms with Gasteiger partial charge in [-0.2, -0.15) is 0 Å². The van der Waals surface area contributed by atoms with Crippen molar-refractivity contribution in [2.75, 3.05) is 13.6 Å². The van der Waals surface area contributed by atoms with Crippen molar-refractivity contribution < 1.29 is 9.84 Å². The van der Waals surface area contributed by atoms with Gasteiger partial charge in [-0.05, 0) is 86.9 Å². The van der Waals surface area contributed by atoms with Gasteiger partial charge in [0, 0.05) is 13.1 Å². The Labute approximate surface area is 164 Å². The summed E-state index contributed by atoms with van der Waals surface area (Å²) in [7, 11) is 2.17. The van der Waals surface area contributed by atoms with E-state index >= 15 is 0 Å². The quantitative estimate of drug-likeness (QED) is 0.710. The van der Waals surface area contributed by atoms with Crippen LogP contribution < -0.4 is 4.74 Å². The second kappa shape index (κ2) is 9.27. The zero-order chi connectivity index (χ0) is 19.2. The molecule has 3 nitrogen and oxygen atoms in total. The highest BCUT2D eigenvalue weighted by molar-refractivity contribution is 5.28. The third kappa shape index (κ3) is 6.00. The molecular formula is C24H33NO2. The average Bonchev–Trinajstić information content (AvgIpc) is 2.62. The van der Waals surface area contributed by atoms with Crippen molar-refractivity contribution in [2.24, 2.45) is 11.8 Å². The Bertz CT molecular complexity index is 730. The summed E-state index contributed by atoms with van der Waals surface area (Å²) in [5.74, 6) is 2.70. The van der Waals surface area contributed by atoms with Crippen molar-refractivity contribution in [1.82, 2.24) is 4.90 Å². The first-order chi connectivity index (χ1) is 13.0. The minimum absolute atomic E-state index is 0.337. The first-order valence-corrected chi connectivity index (χ1v) is 10.2. The highest BCUT2D eigenvalue weighted by Crippen LogP contribution is 2.33. The van der Waals surface area contributed by atoms with Crippen LogP contribution in [0.1, 0.15) is 43.7 Å². The fourth-order valence-corrected chi connectivity index (χ4v) is 4.36. The lowest BCUT2D eigenvalue weighted by atomic mass is 9.79. The summed E-state index contributed by atoms with van der Waals surface area (Å²) in [6, 6.07) is 16.0. The van der Waals surface area contributed by atoms with E-state index in [4.69, 9.17) is 4.74 Å². The van der Waals surface area contributed by atoms with Gasteiger partial charge in [-0.15, -0.1) is 0 Å². The number of hydrogen-bond acceptors (Lipinski definition) is 3. The van der Waals surface area contributed by atoms with Gasteiger partial charge in [0.2, 0.25) is 0 Å². The molecule has 2 aromatic rings. The number of aromatic hydroxyl groups is 1. The minimum Gasteiger partial charge on any atom is -0.508 e. The normalized spacial score (nSPS) is 21.2. The first-order valence-electron chi connectivity index (χ1n) is 10.2. The van der Waals surface area contributed by atoms with E-state index in [1.54, 1.807) is 6.07 Å². The topological polar surface area (TPSA) is 32.7 Å².